The highest BCUT2D eigenvalue weighted by Gasteiger charge is 1.89. The lowest BCUT2D eigenvalue weighted by molar-refractivity contribution is 0.0641. The number of carbonyl (C=O) groups is 1. The molecule has 0 aliphatic heterocycles. The summed E-state index contributed by atoms with van der Waals surface area (Å²) >= 11 is 0. The Balaban J connectivity index is 2.99. The molecule has 0 bridgehead atoms. The van der Waals surface area contributed by atoms with Crippen LogP contribution in [-0.4, -0.2) is 13.1 Å². The van der Waals surface area contributed by atoms with Crippen molar-refractivity contribution in [3.05, 3.63) is 0 Å². The lowest BCUT2D eigenvalue weighted by atomic mass is 11.1. The Morgan fingerprint density at radius 1 is 1.75 bits per heavy atom. The van der Waals surface area contributed by atoms with Gasteiger partial charge in [-0.05, 0) is 0 Å². The first-order valence-electron chi connectivity index (χ1n) is 1.86. The third-order valence-electron chi connectivity index (χ3n) is 0.398. The quantitative estimate of drug-likeness (QED) is 0.197. The third kappa shape index (κ3) is 3.34. The molecule has 6 nitrogen and oxygen atoms in total. The molecule has 2 amide bonds. The van der Waals surface area contributed by atoms with Gasteiger partial charge in [0.25, 0.3) is 0 Å². The monoisotopic (exact) mass is 120 g/mol. The van der Waals surface area contributed by atoms with Gasteiger partial charge in [0.15, 0.2) is 0 Å². The summed E-state index contributed by atoms with van der Waals surface area (Å²) in [6.07, 6.45) is 0. The summed E-state index contributed by atoms with van der Waals surface area (Å²) in [6, 6.07) is -0.563. The van der Waals surface area contributed by atoms with Crippen molar-refractivity contribution in [2.24, 2.45) is 5.84 Å². The molecule has 5 N–H and O–H groups in total. The van der Waals surface area contributed by atoms with E-state index in [4.69, 9.17) is 0 Å². The number of nitrogens with two attached hydrogens (primary N) is 1. The summed E-state index contributed by atoms with van der Waals surface area (Å²) in [7, 11) is 1.36. The normalized spacial score (nSPS) is 8.25. The van der Waals surface area contributed by atoms with Crippen LogP contribution < -0.4 is 22.3 Å². The van der Waals surface area contributed by atoms with Crippen LogP contribution in [0.2, 0.25) is 0 Å². The van der Waals surface area contributed by atoms with Crippen LogP contribution in [0.1, 0.15) is 0 Å². The summed E-state index contributed by atoms with van der Waals surface area (Å²) in [5.41, 5.74) is 5.90. The minimum Gasteiger partial charge on any atom is -0.286 e. The van der Waals surface area contributed by atoms with E-state index in [1.54, 1.807) is 0 Å². The van der Waals surface area contributed by atoms with E-state index >= 15 is 0 Å². The minimum atomic E-state index is -0.563. The van der Waals surface area contributed by atoms with Gasteiger partial charge in [-0.15, -0.1) is 5.59 Å². The summed E-state index contributed by atoms with van der Waals surface area (Å²) in [5, 5.41) is 0. The third-order valence-corrected chi connectivity index (χ3v) is 0.398. The maximum absolute atomic E-state index is 10.1. The number of urea groups is 1. The van der Waals surface area contributed by atoms with Crippen molar-refractivity contribution in [3.63, 3.8) is 0 Å². The predicted molar refractivity (Wildman–Crippen MR) is 26.0 cm³/mol. The van der Waals surface area contributed by atoms with Crippen LogP contribution in [0.25, 0.3) is 0 Å². The first-order valence-corrected chi connectivity index (χ1v) is 1.86. The molecular weight excluding hydrogens is 112 g/mol. The van der Waals surface area contributed by atoms with Crippen LogP contribution in [0.15, 0.2) is 0 Å². The molecule has 0 saturated carbocycles. The first kappa shape index (κ1) is 7.15. The standard InChI is InChI=1S/C2H8N4O2/c1-8-6-5-2(7)4-3/h6H,3H2,1H3,(H2,4,5,7). The van der Waals surface area contributed by atoms with Crippen LogP contribution >= 0.6 is 0 Å². The zero-order valence-corrected chi connectivity index (χ0v) is 4.39. The van der Waals surface area contributed by atoms with Gasteiger partial charge in [0.1, 0.15) is 0 Å². The van der Waals surface area contributed by atoms with Gasteiger partial charge in [0, 0.05) is 0 Å². The van der Waals surface area contributed by atoms with Crippen molar-refractivity contribution in [1.82, 2.24) is 16.4 Å². The topological polar surface area (TPSA) is 88.4 Å². The maximum atomic E-state index is 10.1. The Morgan fingerprint density at radius 3 is 2.75 bits per heavy atom. The molecule has 0 heterocycles. The average Bonchev–Trinajstić information content (AvgIpc) is 1.83. The molecule has 0 radical (unpaired) electrons. The summed E-state index contributed by atoms with van der Waals surface area (Å²) in [6.45, 7) is 0. The van der Waals surface area contributed by atoms with E-state index in [2.05, 4.69) is 16.3 Å². The minimum absolute atomic E-state index is 0.563. The highest BCUT2D eigenvalue weighted by molar-refractivity contribution is 5.72. The van der Waals surface area contributed by atoms with E-state index in [9.17, 15) is 4.79 Å². The van der Waals surface area contributed by atoms with Crippen LogP contribution in [-0.2, 0) is 4.84 Å². The van der Waals surface area contributed by atoms with Crippen LogP contribution in [0.5, 0.6) is 0 Å². The van der Waals surface area contributed by atoms with Crippen molar-refractivity contribution in [2.45, 2.75) is 0 Å². The molecule has 0 aromatic carbocycles. The second kappa shape index (κ2) is 4.31. The highest BCUT2D eigenvalue weighted by Crippen LogP contribution is 1.50. The lowest BCUT2D eigenvalue weighted by Gasteiger charge is -2.00. The average molecular weight is 120 g/mol. The number of hydrogen-bond donors (Lipinski definition) is 4. The van der Waals surface area contributed by atoms with Crippen LogP contribution in [0.3, 0.4) is 0 Å². The number of amides is 2. The molecule has 0 aliphatic carbocycles. The summed E-state index contributed by atoms with van der Waals surface area (Å²) in [5.74, 6) is 4.66. The first-order chi connectivity index (χ1) is 3.81. The van der Waals surface area contributed by atoms with Crippen molar-refractivity contribution >= 4 is 6.03 Å². The van der Waals surface area contributed by atoms with Crippen molar-refractivity contribution < 1.29 is 9.63 Å². The van der Waals surface area contributed by atoms with E-state index < -0.39 is 6.03 Å². The van der Waals surface area contributed by atoms with Gasteiger partial charge in [-0.25, -0.2) is 16.1 Å². The Morgan fingerprint density at radius 2 is 2.38 bits per heavy atom. The molecular formula is C2H8N4O2. The number of rotatable bonds is 2. The predicted octanol–water partition coefficient (Wildman–Crippen LogP) is -1.77. The number of hydrazine groups is 2. The Bertz CT molecular complexity index is 74.4. The number of hydrogen-bond acceptors (Lipinski definition) is 4. The van der Waals surface area contributed by atoms with Gasteiger partial charge < -0.3 is 0 Å². The van der Waals surface area contributed by atoms with Gasteiger partial charge in [-0.2, -0.15) is 0 Å². The summed E-state index contributed by atoms with van der Waals surface area (Å²) < 4.78 is 0. The van der Waals surface area contributed by atoms with E-state index in [1.807, 2.05) is 10.9 Å². The molecule has 0 aromatic rings. The Labute approximate surface area is 46.3 Å². The number of carbonyl (C=O) groups excluding carboxylic acids is 1. The smallest absolute Gasteiger partial charge is 0.286 e. The molecule has 6 heteroatoms. The zero-order chi connectivity index (χ0) is 6.41. The second-order valence-electron chi connectivity index (χ2n) is 0.905. The zero-order valence-electron chi connectivity index (χ0n) is 4.39. The molecule has 48 valence electrons. The van der Waals surface area contributed by atoms with Gasteiger partial charge in [0.05, 0.1) is 7.11 Å². The molecule has 0 saturated heterocycles. The molecule has 8 heavy (non-hydrogen) atoms. The fraction of sp³-hybridized carbons (Fsp3) is 0.500. The second-order valence-corrected chi connectivity index (χ2v) is 0.905. The van der Waals surface area contributed by atoms with Crippen molar-refractivity contribution in [1.29, 1.82) is 0 Å². The van der Waals surface area contributed by atoms with Gasteiger partial charge in [-0.3, -0.25) is 10.3 Å². The molecule has 0 fully saturated rings. The van der Waals surface area contributed by atoms with E-state index in [0.717, 1.165) is 0 Å². The SMILES string of the molecule is CONNC(=O)NN. The van der Waals surface area contributed by atoms with Crippen molar-refractivity contribution in [3.8, 4) is 0 Å². The molecule has 0 spiro atoms. The van der Waals surface area contributed by atoms with Crippen LogP contribution in [0, 0.1) is 0 Å². The lowest BCUT2D eigenvalue weighted by Crippen LogP contribution is -2.46. The van der Waals surface area contributed by atoms with Gasteiger partial charge in [-0.1, -0.05) is 0 Å². The fourth-order valence-corrected chi connectivity index (χ4v) is 0.133. The van der Waals surface area contributed by atoms with E-state index in [-0.39, 0.29) is 0 Å². The molecule has 0 unspecified atom stereocenters. The molecule has 0 aliphatic rings. The largest absolute Gasteiger partial charge is 0.345 e. The Kier molecular flexibility index (Phi) is 3.85. The molecule has 0 rings (SSSR count). The highest BCUT2D eigenvalue weighted by atomic mass is 16.7. The fourth-order valence-electron chi connectivity index (χ4n) is 0.133. The van der Waals surface area contributed by atoms with Crippen LogP contribution in [0.4, 0.5) is 4.79 Å². The maximum Gasteiger partial charge on any atom is 0.345 e. The van der Waals surface area contributed by atoms with Gasteiger partial charge >= 0.3 is 6.03 Å². The van der Waals surface area contributed by atoms with Crippen molar-refractivity contribution in [2.75, 3.05) is 7.11 Å². The molecule has 0 atom stereocenters. The summed E-state index contributed by atoms with van der Waals surface area (Å²) in [4.78, 5) is 14.3. The van der Waals surface area contributed by atoms with E-state index in [0.29, 0.717) is 0 Å². The van der Waals surface area contributed by atoms with Gasteiger partial charge in [0.2, 0.25) is 0 Å². The Hall–Kier alpha value is -0.850. The van der Waals surface area contributed by atoms with E-state index in [1.165, 1.54) is 7.11 Å². The molecule has 0 aromatic heterocycles. The number of nitrogens with one attached hydrogen (secondary N) is 3.